The van der Waals surface area contributed by atoms with Crippen molar-refractivity contribution in [1.29, 1.82) is 0 Å². The standard InChI is InChI=1S/C8H16N2O4/c1-2-3-6-9(10(13)14)7-4-5-8(11)12/h2-7H2,1H3,(H,11,12). The molecule has 0 aromatic rings. The van der Waals surface area contributed by atoms with Gasteiger partial charge in [0.25, 0.3) is 0 Å². The zero-order chi connectivity index (χ0) is 11.0. The van der Waals surface area contributed by atoms with E-state index < -0.39 is 11.0 Å². The Morgan fingerprint density at radius 3 is 2.43 bits per heavy atom. The van der Waals surface area contributed by atoms with Crippen LogP contribution in [0, 0.1) is 10.1 Å². The van der Waals surface area contributed by atoms with E-state index in [-0.39, 0.29) is 13.0 Å². The Morgan fingerprint density at radius 2 is 2.00 bits per heavy atom. The van der Waals surface area contributed by atoms with Gasteiger partial charge in [0.2, 0.25) is 0 Å². The first-order valence-electron chi connectivity index (χ1n) is 4.69. The molecule has 0 aliphatic rings. The maximum Gasteiger partial charge on any atom is 0.303 e. The van der Waals surface area contributed by atoms with Crippen LogP contribution < -0.4 is 0 Å². The van der Waals surface area contributed by atoms with E-state index in [1.165, 1.54) is 0 Å². The lowest BCUT2D eigenvalue weighted by molar-refractivity contribution is -0.655. The van der Waals surface area contributed by atoms with Gasteiger partial charge in [-0.1, -0.05) is 13.3 Å². The van der Waals surface area contributed by atoms with E-state index in [2.05, 4.69) is 0 Å². The number of carboxylic acid groups (broad SMARTS) is 1. The predicted molar refractivity (Wildman–Crippen MR) is 50.3 cm³/mol. The van der Waals surface area contributed by atoms with Crippen molar-refractivity contribution in [3.63, 3.8) is 0 Å². The average Bonchev–Trinajstić information content (AvgIpc) is 2.09. The van der Waals surface area contributed by atoms with Crippen molar-refractivity contribution in [2.24, 2.45) is 0 Å². The second-order valence-corrected chi connectivity index (χ2v) is 3.04. The third kappa shape index (κ3) is 6.22. The van der Waals surface area contributed by atoms with Crippen LogP contribution >= 0.6 is 0 Å². The summed E-state index contributed by atoms with van der Waals surface area (Å²) in [6, 6.07) is 0. The summed E-state index contributed by atoms with van der Waals surface area (Å²) >= 11 is 0. The Bertz CT molecular complexity index is 196. The van der Waals surface area contributed by atoms with Gasteiger partial charge in [-0.05, 0) is 12.8 Å². The Balaban J connectivity index is 3.73. The van der Waals surface area contributed by atoms with E-state index in [1.54, 1.807) is 0 Å². The minimum atomic E-state index is -0.913. The van der Waals surface area contributed by atoms with Crippen LogP contribution in [0.25, 0.3) is 0 Å². The third-order valence-electron chi connectivity index (χ3n) is 1.81. The fraction of sp³-hybridized carbons (Fsp3) is 0.875. The molecule has 1 N–H and O–H groups in total. The average molecular weight is 204 g/mol. The smallest absolute Gasteiger partial charge is 0.303 e. The number of aliphatic carboxylic acids is 1. The van der Waals surface area contributed by atoms with Gasteiger partial charge in [0, 0.05) is 6.42 Å². The second kappa shape index (κ2) is 7.11. The number of nitrogens with zero attached hydrogens (tertiary/aromatic N) is 2. The molecule has 0 aliphatic heterocycles. The van der Waals surface area contributed by atoms with Gasteiger partial charge in [-0.3, -0.25) is 4.79 Å². The topological polar surface area (TPSA) is 83.7 Å². The van der Waals surface area contributed by atoms with E-state index in [1.807, 2.05) is 6.92 Å². The first-order chi connectivity index (χ1) is 6.57. The number of nitro groups is 1. The molecule has 0 amide bonds. The van der Waals surface area contributed by atoms with Crippen molar-refractivity contribution >= 4 is 5.97 Å². The normalized spacial score (nSPS) is 9.79. The van der Waals surface area contributed by atoms with Gasteiger partial charge in [0.05, 0.1) is 13.1 Å². The third-order valence-corrected chi connectivity index (χ3v) is 1.81. The molecule has 6 heteroatoms. The lowest BCUT2D eigenvalue weighted by Crippen LogP contribution is -2.32. The van der Waals surface area contributed by atoms with Crippen molar-refractivity contribution in [2.75, 3.05) is 13.1 Å². The summed E-state index contributed by atoms with van der Waals surface area (Å²) in [7, 11) is 0. The van der Waals surface area contributed by atoms with Gasteiger partial charge in [0.1, 0.15) is 0 Å². The fourth-order valence-corrected chi connectivity index (χ4v) is 1.03. The molecule has 82 valence electrons. The molecule has 0 bridgehead atoms. The Labute approximate surface area is 82.6 Å². The Hall–Kier alpha value is -1.33. The molecule has 0 unspecified atom stereocenters. The number of hydrogen-bond acceptors (Lipinski definition) is 3. The van der Waals surface area contributed by atoms with E-state index in [0.29, 0.717) is 13.0 Å². The number of carboxylic acids is 1. The Morgan fingerprint density at radius 1 is 1.43 bits per heavy atom. The van der Waals surface area contributed by atoms with E-state index >= 15 is 0 Å². The van der Waals surface area contributed by atoms with Crippen molar-refractivity contribution in [1.82, 2.24) is 5.01 Å². The van der Waals surface area contributed by atoms with Crippen LogP contribution in [0.5, 0.6) is 0 Å². The van der Waals surface area contributed by atoms with Crippen molar-refractivity contribution in [3.8, 4) is 0 Å². The molecule has 0 spiro atoms. The minimum absolute atomic E-state index is 0.0174. The van der Waals surface area contributed by atoms with Crippen LogP contribution in [-0.2, 0) is 4.79 Å². The zero-order valence-electron chi connectivity index (χ0n) is 8.31. The summed E-state index contributed by atoms with van der Waals surface area (Å²) in [6.07, 6.45) is 1.95. The summed E-state index contributed by atoms with van der Waals surface area (Å²) in [6.45, 7) is 2.55. The SMILES string of the molecule is CCCCN(CCCC(=O)O)[N+](=O)[O-]. The Kier molecular flexibility index (Phi) is 6.43. The summed E-state index contributed by atoms with van der Waals surface area (Å²) in [4.78, 5) is 20.6. The highest BCUT2D eigenvalue weighted by Gasteiger charge is 2.13. The van der Waals surface area contributed by atoms with Crippen LogP contribution in [-0.4, -0.2) is 34.2 Å². The van der Waals surface area contributed by atoms with Gasteiger partial charge in [0.15, 0.2) is 5.03 Å². The highest BCUT2D eigenvalue weighted by molar-refractivity contribution is 5.66. The fourth-order valence-electron chi connectivity index (χ4n) is 1.03. The number of hydrazine groups is 1. The van der Waals surface area contributed by atoms with E-state index in [9.17, 15) is 14.9 Å². The molecular formula is C8H16N2O4. The largest absolute Gasteiger partial charge is 0.481 e. The highest BCUT2D eigenvalue weighted by Crippen LogP contribution is 1.99. The molecule has 0 saturated carbocycles. The number of unbranched alkanes of at least 4 members (excludes halogenated alkanes) is 1. The van der Waals surface area contributed by atoms with Crippen molar-refractivity contribution in [3.05, 3.63) is 10.1 Å². The summed E-state index contributed by atoms with van der Waals surface area (Å²) in [5, 5.41) is 19.4. The summed E-state index contributed by atoms with van der Waals surface area (Å²) in [5.74, 6) is -0.913. The number of rotatable bonds is 8. The van der Waals surface area contributed by atoms with Crippen molar-refractivity contribution in [2.45, 2.75) is 32.6 Å². The molecule has 14 heavy (non-hydrogen) atoms. The molecule has 0 aromatic carbocycles. The molecule has 6 nitrogen and oxygen atoms in total. The predicted octanol–water partition coefficient (Wildman–Crippen LogP) is 1.15. The van der Waals surface area contributed by atoms with Crippen LogP contribution in [0.4, 0.5) is 0 Å². The number of hydrogen-bond donors (Lipinski definition) is 1. The lowest BCUT2D eigenvalue weighted by atomic mass is 10.3. The van der Waals surface area contributed by atoms with Crippen LogP contribution in [0.1, 0.15) is 32.6 Å². The van der Waals surface area contributed by atoms with Crippen molar-refractivity contribution < 1.29 is 14.9 Å². The monoisotopic (exact) mass is 204 g/mol. The van der Waals surface area contributed by atoms with Crippen LogP contribution in [0.2, 0.25) is 0 Å². The van der Waals surface area contributed by atoms with E-state index in [4.69, 9.17) is 5.11 Å². The molecule has 0 heterocycles. The lowest BCUT2D eigenvalue weighted by Gasteiger charge is -2.12. The summed E-state index contributed by atoms with van der Waals surface area (Å²) in [5.41, 5.74) is 0. The second-order valence-electron chi connectivity index (χ2n) is 3.04. The maximum atomic E-state index is 10.5. The van der Waals surface area contributed by atoms with Gasteiger partial charge in [-0.2, -0.15) is 0 Å². The molecular weight excluding hydrogens is 188 g/mol. The minimum Gasteiger partial charge on any atom is -0.481 e. The van der Waals surface area contributed by atoms with Crippen LogP contribution in [0.15, 0.2) is 0 Å². The van der Waals surface area contributed by atoms with Gasteiger partial charge < -0.3 is 5.11 Å². The summed E-state index contributed by atoms with van der Waals surface area (Å²) < 4.78 is 0. The molecule has 0 atom stereocenters. The molecule has 0 radical (unpaired) electrons. The molecule has 0 rings (SSSR count). The highest BCUT2D eigenvalue weighted by atomic mass is 16.7. The molecule has 0 aliphatic carbocycles. The molecule has 0 saturated heterocycles. The van der Waals surface area contributed by atoms with Crippen LogP contribution in [0.3, 0.4) is 0 Å². The first kappa shape index (κ1) is 12.7. The number of carbonyl (C=O) groups is 1. The maximum absolute atomic E-state index is 10.5. The quantitative estimate of drug-likeness (QED) is 0.473. The van der Waals surface area contributed by atoms with Gasteiger partial charge in [-0.25, -0.2) is 10.1 Å². The molecule has 0 aromatic heterocycles. The zero-order valence-corrected chi connectivity index (χ0v) is 8.31. The van der Waals surface area contributed by atoms with Gasteiger partial charge >= 0.3 is 5.97 Å². The molecule has 0 fully saturated rings. The van der Waals surface area contributed by atoms with Gasteiger partial charge in [-0.15, -0.1) is 5.01 Å². The van der Waals surface area contributed by atoms with E-state index in [0.717, 1.165) is 17.9 Å². The first-order valence-corrected chi connectivity index (χ1v) is 4.69.